The smallest absolute Gasteiger partial charge is 0.179 e. The topological polar surface area (TPSA) is 40.5 Å². The van der Waals surface area contributed by atoms with Crippen LogP contribution in [0.5, 0.6) is 0 Å². The molecule has 2 rings (SSSR count). The Morgan fingerprint density at radius 3 is 2.67 bits per heavy atom. The van der Waals surface area contributed by atoms with Gasteiger partial charge in [-0.3, -0.25) is 9.69 Å². The molecule has 0 amide bonds. The van der Waals surface area contributed by atoms with E-state index in [0.717, 1.165) is 18.5 Å². The van der Waals surface area contributed by atoms with Crippen molar-refractivity contribution in [2.24, 2.45) is 5.92 Å². The van der Waals surface area contributed by atoms with Crippen molar-refractivity contribution in [2.45, 2.75) is 32.4 Å². The van der Waals surface area contributed by atoms with Crippen molar-refractivity contribution in [2.75, 3.05) is 13.1 Å². The molecule has 1 heterocycles. The zero-order valence-corrected chi connectivity index (χ0v) is 11.0. The summed E-state index contributed by atoms with van der Waals surface area (Å²) in [5, 5.41) is 9.90. The molecule has 0 bridgehead atoms. The van der Waals surface area contributed by atoms with Gasteiger partial charge in [-0.25, -0.2) is 0 Å². The van der Waals surface area contributed by atoms with Crippen molar-refractivity contribution in [1.29, 1.82) is 0 Å². The normalized spacial score (nSPS) is 26.8. The molecule has 3 unspecified atom stereocenters. The number of aliphatic hydroxyl groups is 1. The first-order valence-corrected chi connectivity index (χ1v) is 6.61. The third-order valence-electron chi connectivity index (χ3n) is 3.94. The van der Waals surface area contributed by atoms with Crippen molar-refractivity contribution in [1.82, 2.24) is 4.90 Å². The van der Waals surface area contributed by atoms with Gasteiger partial charge < -0.3 is 5.11 Å². The predicted molar refractivity (Wildman–Crippen MR) is 71.6 cm³/mol. The summed E-state index contributed by atoms with van der Waals surface area (Å²) >= 11 is 0. The fraction of sp³-hybridized carbons (Fsp3) is 0.533. The van der Waals surface area contributed by atoms with E-state index < -0.39 is 0 Å². The minimum absolute atomic E-state index is 0.136. The van der Waals surface area contributed by atoms with Gasteiger partial charge in [0.05, 0.1) is 12.1 Å². The summed E-state index contributed by atoms with van der Waals surface area (Å²) in [6.45, 7) is 5.47. The Morgan fingerprint density at radius 2 is 2.06 bits per heavy atom. The molecule has 1 saturated heterocycles. The average Bonchev–Trinajstić information content (AvgIpc) is 2.41. The number of β-amino-alcohol motifs (C(OH)–C–C–N with tert-alkyl or cyclic N) is 1. The third-order valence-corrected chi connectivity index (χ3v) is 3.94. The van der Waals surface area contributed by atoms with Gasteiger partial charge in [-0.05, 0) is 25.8 Å². The highest BCUT2D eigenvalue weighted by atomic mass is 16.3. The molecular formula is C15H21NO2. The number of ketones is 1. The molecule has 1 fully saturated rings. The number of benzene rings is 1. The number of carbonyl (C=O) groups excluding carboxylic acids is 1. The first-order valence-electron chi connectivity index (χ1n) is 6.61. The zero-order valence-electron chi connectivity index (χ0n) is 11.0. The van der Waals surface area contributed by atoms with Gasteiger partial charge in [0.1, 0.15) is 0 Å². The Balaban J connectivity index is 2.03. The van der Waals surface area contributed by atoms with Gasteiger partial charge in [0.25, 0.3) is 0 Å². The fourth-order valence-corrected chi connectivity index (χ4v) is 2.43. The molecule has 0 saturated carbocycles. The lowest BCUT2D eigenvalue weighted by atomic mass is 9.93. The van der Waals surface area contributed by atoms with Crippen molar-refractivity contribution in [3.63, 3.8) is 0 Å². The van der Waals surface area contributed by atoms with E-state index >= 15 is 0 Å². The van der Waals surface area contributed by atoms with E-state index in [1.165, 1.54) is 0 Å². The SMILES string of the molecule is CC1CCN(C(C)C(=O)c2ccccc2)CC1O. The highest BCUT2D eigenvalue weighted by molar-refractivity contribution is 5.99. The number of Topliss-reactive ketones (excluding diaryl/α,β-unsaturated/α-hetero) is 1. The number of likely N-dealkylation sites (tertiary alicyclic amines) is 1. The quantitative estimate of drug-likeness (QED) is 0.830. The summed E-state index contributed by atoms with van der Waals surface area (Å²) in [6, 6.07) is 9.21. The number of nitrogens with zero attached hydrogens (tertiary/aromatic N) is 1. The van der Waals surface area contributed by atoms with E-state index in [4.69, 9.17) is 0 Å². The maximum atomic E-state index is 12.3. The molecule has 0 radical (unpaired) electrons. The van der Waals surface area contributed by atoms with E-state index in [1.54, 1.807) is 0 Å². The van der Waals surface area contributed by atoms with Crippen molar-refractivity contribution >= 4 is 5.78 Å². The maximum Gasteiger partial charge on any atom is 0.179 e. The monoisotopic (exact) mass is 247 g/mol. The van der Waals surface area contributed by atoms with Crippen LogP contribution in [0.4, 0.5) is 0 Å². The first kappa shape index (κ1) is 13.2. The van der Waals surface area contributed by atoms with Gasteiger partial charge in [0.2, 0.25) is 0 Å². The van der Waals surface area contributed by atoms with Crippen molar-refractivity contribution < 1.29 is 9.90 Å². The van der Waals surface area contributed by atoms with E-state index in [0.29, 0.717) is 12.5 Å². The summed E-state index contributed by atoms with van der Waals surface area (Å²) in [5.41, 5.74) is 0.748. The lowest BCUT2D eigenvalue weighted by molar-refractivity contribution is 0.0146. The lowest BCUT2D eigenvalue weighted by Crippen LogP contribution is -2.49. The second-order valence-electron chi connectivity index (χ2n) is 5.23. The zero-order chi connectivity index (χ0) is 13.1. The Labute approximate surface area is 108 Å². The molecule has 18 heavy (non-hydrogen) atoms. The van der Waals surface area contributed by atoms with E-state index in [1.807, 2.05) is 37.3 Å². The molecule has 1 aromatic carbocycles. The highest BCUT2D eigenvalue weighted by Crippen LogP contribution is 2.20. The van der Waals surface area contributed by atoms with Gasteiger partial charge in [-0.2, -0.15) is 0 Å². The lowest BCUT2D eigenvalue weighted by Gasteiger charge is -2.37. The largest absolute Gasteiger partial charge is 0.392 e. The first-order chi connectivity index (χ1) is 8.59. The number of hydrogen-bond acceptors (Lipinski definition) is 3. The molecular weight excluding hydrogens is 226 g/mol. The standard InChI is InChI=1S/C15H21NO2/c1-11-8-9-16(10-14(11)17)12(2)15(18)13-6-4-3-5-7-13/h3-7,11-12,14,17H,8-10H2,1-2H3. The molecule has 0 aromatic heterocycles. The Kier molecular flexibility index (Phi) is 4.15. The third kappa shape index (κ3) is 2.79. The molecule has 0 aliphatic carbocycles. The summed E-state index contributed by atoms with van der Waals surface area (Å²) in [4.78, 5) is 14.4. The number of hydrogen-bond donors (Lipinski definition) is 1. The van der Waals surface area contributed by atoms with Crippen LogP contribution in [0.3, 0.4) is 0 Å². The van der Waals surface area contributed by atoms with Gasteiger partial charge in [-0.15, -0.1) is 0 Å². The van der Waals surface area contributed by atoms with Crippen LogP contribution in [-0.4, -0.2) is 41.0 Å². The minimum atomic E-state index is -0.315. The molecule has 3 heteroatoms. The molecule has 3 nitrogen and oxygen atoms in total. The highest BCUT2D eigenvalue weighted by Gasteiger charge is 2.30. The average molecular weight is 247 g/mol. The number of carbonyl (C=O) groups is 1. The Hall–Kier alpha value is -1.19. The number of aliphatic hydroxyl groups excluding tert-OH is 1. The van der Waals surface area contributed by atoms with Gasteiger partial charge in [-0.1, -0.05) is 37.3 Å². The molecule has 1 aliphatic rings. The van der Waals surface area contributed by atoms with Crippen molar-refractivity contribution in [3.8, 4) is 0 Å². The van der Waals surface area contributed by atoms with E-state index in [9.17, 15) is 9.90 Å². The second-order valence-corrected chi connectivity index (χ2v) is 5.23. The van der Waals surface area contributed by atoms with Crippen LogP contribution < -0.4 is 0 Å². The summed E-state index contributed by atoms with van der Waals surface area (Å²) in [5.74, 6) is 0.470. The Morgan fingerprint density at radius 1 is 1.39 bits per heavy atom. The van der Waals surface area contributed by atoms with E-state index in [-0.39, 0.29) is 17.9 Å². The Bertz CT molecular complexity index is 404. The van der Waals surface area contributed by atoms with Gasteiger partial charge in [0, 0.05) is 12.1 Å². The van der Waals surface area contributed by atoms with E-state index in [2.05, 4.69) is 11.8 Å². The fourth-order valence-electron chi connectivity index (χ4n) is 2.43. The predicted octanol–water partition coefficient (Wildman–Crippen LogP) is 1.96. The van der Waals surface area contributed by atoms with Crippen LogP contribution >= 0.6 is 0 Å². The molecule has 3 atom stereocenters. The summed E-state index contributed by atoms with van der Waals surface area (Å²) < 4.78 is 0. The second kappa shape index (κ2) is 5.63. The molecule has 1 aromatic rings. The molecule has 0 spiro atoms. The maximum absolute atomic E-state index is 12.3. The molecule has 1 N–H and O–H groups in total. The van der Waals surface area contributed by atoms with Crippen LogP contribution in [0.1, 0.15) is 30.6 Å². The van der Waals surface area contributed by atoms with Crippen LogP contribution in [-0.2, 0) is 0 Å². The minimum Gasteiger partial charge on any atom is -0.392 e. The van der Waals surface area contributed by atoms with Crippen molar-refractivity contribution in [3.05, 3.63) is 35.9 Å². The van der Waals surface area contributed by atoms with Crippen LogP contribution in [0.2, 0.25) is 0 Å². The summed E-state index contributed by atoms with van der Waals surface area (Å²) in [6.07, 6.45) is 0.637. The number of rotatable bonds is 3. The number of piperidine rings is 1. The molecule has 1 aliphatic heterocycles. The van der Waals surface area contributed by atoms with Gasteiger partial charge >= 0.3 is 0 Å². The molecule has 98 valence electrons. The van der Waals surface area contributed by atoms with Crippen LogP contribution in [0, 0.1) is 5.92 Å². The van der Waals surface area contributed by atoms with Crippen LogP contribution in [0.25, 0.3) is 0 Å². The summed E-state index contributed by atoms with van der Waals surface area (Å²) in [7, 11) is 0. The van der Waals surface area contributed by atoms with Gasteiger partial charge in [0.15, 0.2) is 5.78 Å². The van der Waals surface area contributed by atoms with Crippen LogP contribution in [0.15, 0.2) is 30.3 Å².